The predicted molar refractivity (Wildman–Crippen MR) is 93.0 cm³/mol. The number of rotatable bonds is 6. The Labute approximate surface area is 146 Å². The van der Waals surface area contributed by atoms with Crippen LogP contribution in [0.15, 0.2) is 16.1 Å². The van der Waals surface area contributed by atoms with Crippen LogP contribution in [0, 0.1) is 0 Å². The van der Waals surface area contributed by atoms with Crippen molar-refractivity contribution in [2.45, 2.75) is 50.9 Å². The number of sulfone groups is 1. The van der Waals surface area contributed by atoms with Gasteiger partial charge in [0.15, 0.2) is 0 Å². The SMILES string of the molecule is CCCCc1ncc(CN2CCc3nc(S(C)(=O)=O)[nH]c(=O)c3C2)[nH]1. The number of hydrogen-bond donors (Lipinski definition) is 2. The monoisotopic (exact) mass is 365 g/mol. The minimum Gasteiger partial charge on any atom is -0.345 e. The quantitative estimate of drug-likeness (QED) is 0.732. The maximum atomic E-state index is 12.2. The molecule has 1 aliphatic heterocycles. The third kappa shape index (κ3) is 4.16. The van der Waals surface area contributed by atoms with Gasteiger partial charge in [0.2, 0.25) is 15.0 Å². The molecule has 0 aliphatic carbocycles. The summed E-state index contributed by atoms with van der Waals surface area (Å²) in [6, 6.07) is 0. The molecule has 2 aromatic heterocycles. The summed E-state index contributed by atoms with van der Waals surface area (Å²) in [6.07, 6.45) is 6.62. The normalized spacial score (nSPS) is 15.3. The fourth-order valence-corrected chi connectivity index (χ4v) is 3.52. The van der Waals surface area contributed by atoms with E-state index >= 15 is 0 Å². The van der Waals surface area contributed by atoms with Gasteiger partial charge < -0.3 is 4.98 Å². The lowest BCUT2D eigenvalue weighted by atomic mass is 10.1. The van der Waals surface area contributed by atoms with Crippen molar-refractivity contribution in [1.82, 2.24) is 24.8 Å². The molecule has 0 fully saturated rings. The molecule has 8 nitrogen and oxygen atoms in total. The first-order valence-corrected chi connectivity index (χ1v) is 10.3. The number of nitrogens with zero attached hydrogens (tertiary/aromatic N) is 3. The molecule has 0 aromatic carbocycles. The zero-order valence-electron chi connectivity index (χ0n) is 14.5. The van der Waals surface area contributed by atoms with Crippen LogP contribution in [0.25, 0.3) is 0 Å². The Balaban J connectivity index is 1.73. The summed E-state index contributed by atoms with van der Waals surface area (Å²) in [5.41, 5.74) is 1.77. The summed E-state index contributed by atoms with van der Waals surface area (Å²) in [7, 11) is -3.52. The van der Waals surface area contributed by atoms with Crippen LogP contribution in [-0.2, 0) is 35.8 Å². The summed E-state index contributed by atoms with van der Waals surface area (Å²) in [5.74, 6) is 0.992. The molecule has 1 aliphatic rings. The van der Waals surface area contributed by atoms with E-state index in [1.807, 2.05) is 6.20 Å². The smallest absolute Gasteiger partial charge is 0.256 e. The lowest BCUT2D eigenvalue weighted by Crippen LogP contribution is -2.36. The fourth-order valence-electron chi connectivity index (χ4n) is 2.97. The number of hydrogen-bond acceptors (Lipinski definition) is 6. The molecule has 25 heavy (non-hydrogen) atoms. The molecule has 3 rings (SSSR count). The van der Waals surface area contributed by atoms with E-state index in [9.17, 15) is 13.2 Å². The van der Waals surface area contributed by atoms with E-state index in [1.54, 1.807) is 0 Å². The van der Waals surface area contributed by atoms with Gasteiger partial charge in [-0.3, -0.25) is 14.7 Å². The second-order valence-corrected chi connectivity index (χ2v) is 8.42. The molecule has 0 saturated heterocycles. The van der Waals surface area contributed by atoms with Crippen LogP contribution in [0.5, 0.6) is 0 Å². The number of nitrogens with one attached hydrogen (secondary N) is 2. The van der Waals surface area contributed by atoms with Crippen molar-refractivity contribution in [1.29, 1.82) is 0 Å². The van der Waals surface area contributed by atoms with Gasteiger partial charge in [-0.05, 0) is 6.42 Å². The van der Waals surface area contributed by atoms with E-state index in [4.69, 9.17) is 0 Å². The highest BCUT2D eigenvalue weighted by Crippen LogP contribution is 2.17. The van der Waals surface area contributed by atoms with E-state index in [1.165, 1.54) is 0 Å². The molecule has 3 heterocycles. The molecule has 9 heteroatoms. The number of aromatic nitrogens is 4. The average Bonchev–Trinajstić information content (AvgIpc) is 3.00. The van der Waals surface area contributed by atoms with E-state index in [-0.39, 0.29) is 10.7 Å². The van der Waals surface area contributed by atoms with Crippen LogP contribution >= 0.6 is 0 Å². The Kier molecular flexibility index (Phi) is 5.05. The minimum absolute atomic E-state index is 0.251. The highest BCUT2D eigenvalue weighted by atomic mass is 32.2. The van der Waals surface area contributed by atoms with Crippen LogP contribution in [0.3, 0.4) is 0 Å². The van der Waals surface area contributed by atoms with Crippen LogP contribution in [0.1, 0.15) is 42.5 Å². The van der Waals surface area contributed by atoms with E-state index in [2.05, 4.69) is 31.8 Å². The number of aromatic amines is 2. The summed E-state index contributed by atoms with van der Waals surface area (Å²) < 4.78 is 23.2. The number of fused-ring (bicyclic) bond motifs is 1. The average molecular weight is 365 g/mol. The number of H-pyrrole nitrogens is 2. The zero-order valence-corrected chi connectivity index (χ0v) is 15.3. The topological polar surface area (TPSA) is 112 Å². The van der Waals surface area contributed by atoms with Crippen LogP contribution < -0.4 is 5.56 Å². The van der Waals surface area contributed by atoms with Crippen molar-refractivity contribution >= 4 is 9.84 Å². The van der Waals surface area contributed by atoms with Crippen molar-refractivity contribution in [2.24, 2.45) is 0 Å². The first-order valence-electron chi connectivity index (χ1n) is 8.44. The maximum Gasteiger partial charge on any atom is 0.256 e. The van der Waals surface area contributed by atoms with Gasteiger partial charge in [0.05, 0.1) is 11.3 Å². The lowest BCUT2D eigenvalue weighted by Gasteiger charge is -2.27. The molecular weight excluding hydrogens is 342 g/mol. The molecule has 0 atom stereocenters. The van der Waals surface area contributed by atoms with Gasteiger partial charge in [0, 0.05) is 50.6 Å². The molecule has 0 radical (unpaired) electrons. The van der Waals surface area contributed by atoms with Gasteiger partial charge in [-0.2, -0.15) is 0 Å². The first kappa shape index (κ1) is 17.8. The Bertz CT molecular complexity index is 916. The molecular formula is C16H23N5O3S. The second kappa shape index (κ2) is 7.09. The third-order valence-electron chi connectivity index (χ3n) is 4.32. The largest absolute Gasteiger partial charge is 0.345 e. The van der Waals surface area contributed by atoms with Gasteiger partial charge in [0.1, 0.15) is 5.82 Å². The van der Waals surface area contributed by atoms with Crippen molar-refractivity contribution in [3.8, 4) is 0 Å². The molecule has 136 valence electrons. The van der Waals surface area contributed by atoms with Gasteiger partial charge in [0.25, 0.3) is 5.56 Å². The first-order chi connectivity index (χ1) is 11.9. The highest BCUT2D eigenvalue weighted by Gasteiger charge is 2.23. The highest BCUT2D eigenvalue weighted by molar-refractivity contribution is 7.90. The van der Waals surface area contributed by atoms with Crippen LogP contribution in [-0.4, -0.2) is 46.1 Å². The number of imidazole rings is 1. The maximum absolute atomic E-state index is 12.2. The molecule has 0 spiro atoms. The summed E-state index contributed by atoms with van der Waals surface area (Å²) >= 11 is 0. The molecule has 2 N–H and O–H groups in total. The summed E-state index contributed by atoms with van der Waals surface area (Å²) in [5, 5.41) is -0.251. The Morgan fingerprint density at radius 2 is 2.12 bits per heavy atom. The Morgan fingerprint density at radius 3 is 2.84 bits per heavy atom. The molecule has 0 saturated carbocycles. The molecule has 0 unspecified atom stereocenters. The second-order valence-electron chi connectivity index (χ2n) is 6.49. The third-order valence-corrected chi connectivity index (χ3v) is 5.22. The minimum atomic E-state index is -3.52. The van der Waals surface area contributed by atoms with Crippen molar-refractivity contribution in [3.05, 3.63) is 39.3 Å². The van der Waals surface area contributed by atoms with Gasteiger partial charge >= 0.3 is 0 Å². The van der Waals surface area contributed by atoms with Crippen molar-refractivity contribution in [3.63, 3.8) is 0 Å². The molecule has 2 aromatic rings. The van der Waals surface area contributed by atoms with Gasteiger partial charge in [-0.1, -0.05) is 13.3 Å². The molecule has 0 amide bonds. The Morgan fingerprint density at radius 1 is 1.32 bits per heavy atom. The van der Waals surface area contributed by atoms with E-state index < -0.39 is 9.84 Å². The summed E-state index contributed by atoms with van der Waals surface area (Å²) in [6.45, 7) is 3.99. The molecule has 0 bridgehead atoms. The number of unbranched alkanes of at least 4 members (excludes halogenated alkanes) is 1. The lowest BCUT2D eigenvalue weighted by molar-refractivity contribution is 0.238. The standard InChI is InChI=1S/C16H23N5O3S/c1-3-4-5-14-17-8-11(18-14)9-21-7-6-13-12(10-21)15(22)20-16(19-13)25(2,23)24/h8H,3-7,9-10H2,1-2H3,(H,17,18)(H,19,20,22). The van der Waals surface area contributed by atoms with Gasteiger partial charge in [-0.15, -0.1) is 0 Å². The van der Waals surface area contributed by atoms with E-state index in [0.717, 1.165) is 43.6 Å². The number of aryl methyl sites for hydroxylation is 1. The van der Waals surface area contributed by atoms with Gasteiger partial charge in [-0.25, -0.2) is 18.4 Å². The van der Waals surface area contributed by atoms with Crippen molar-refractivity contribution in [2.75, 3.05) is 12.8 Å². The van der Waals surface area contributed by atoms with Crippen LogP contribution in [0.2, 0.25) is 0 Å². The van der Waals surface area contributed by atoms with E-state index in [0.29, 0.717) is 30.8 Å². The summed E-state index contributed by atoms with van der Waals surface area (Å²) in [4.78, 5) is 28.6. The van der Waals surface area contributed by atoms with Crippen LogP contribution in [0.4, 0.5) is 0 Å². The van der Waals surface area contributed by atoms with Crippen molar-refractivity contribution < 1.29 is 8.42 Å². The zero-order chi connectivity index (χ0) is 18.0. The predicted octanol–water partition coefficient (Wildman–Crippen LogP) is 0.797. The Hall–Kier alpha value is -2.00. The fraction of sp³-hybridized carbons (Fsp3) is 0.562.